The van der Waals surface area contributed by atoms with Crippen LogP contribution in [0.1, 0.15) is 31.0 Å². The molecule has 4 aromatic rings. The molecule has 0 radical (unpaired) electrons. The van der Waals surface area contributed by atoms with Gasteiger partial charge < -0.3 is 4.90 Å². The van der Waals surface area contributed by atoms with Crippen LogP contribution in [0.5, 0.6) is 0 Å². The van der Waals surface area contributed by atoms with Crippen molar-refractivity contribution in [2.45, 2.75) is 25.2 Å². The minimum atomic E-state index is -0.259. The molecule has 0 spiro atoms. The molecule has 6 rings (SSSR count). The fraction of sp³-hybridized carbons (Fsp3) is 0.280. The summed E-state index contributed by atoms with van der Waals surface area (Å²) in [4.78, 5) is 27.0. The van der Waals surface area contributed by atoms with Gasteiger partial charge in [0.2, 0.25) is 5.91 Å². The number of aromatic amines is 1. The molecule has 2 fully saturated rings. The number of benzene rings is 2. The number of likely N-dealkylation sites (tertiary alicyclic amines) is 1. The third-order valence-corrected chi connectivity index (χ3v) is 6.56. The molecule has 1 aliphatic carbocycles. The predicted octanol–water partition coefficient (Wildman–Crippen LogP) is 3.14. The highest BCUT2D eigenvalue weighted by atomic mass is 16.2. The van der Waals surface area contributed by atoms with Crippen LogP contribution in [0.2, 0.25) is 0 Å². The first-order chi connectivity index (χ1) is 16.2. The Morgan fingerprint density at radius 3 is 2.58 bits per heavy atom. The lowest BCUT2D eigenvalue weighted by molar-refractivity contribution is -0.131. The molecule has 8 nitrogen and oxygen atoms in total. The number of carbonyl (C=O) groups is 1. The molecule has 2 aromatic carbocycles. The van der Waals surface area contributed by atoms with Crippen molar-refractivity contribution in [2.24, 2.45) is 5.92 Å². The van der Waals surface area contributed by atoms with E-state index in [4.69, 9.17) is 0 Å². The summed E-state index contributed by atoms with van der Waals surface area (Å²) in [7, 11) is 0. The molecule has 1 amide bonds. The molecule has 166 valence electrons. The second-order valence-electron chi connectivity index (χ2n) is 8.81. The Bertz CT molecular complexity index is 1350. The largest absolute Gasteiger partial charge is 0.347 e. The third-order valence-electron chi connectivity index (χ3n) is 6.56. The first-order valence-corrected chi connectivity index (χ1v) is 11.3. The van der Waals surface area contributed by atoms with Crippen molar-refractivity contribution >= 4 is 5.91 Å². The maximum absolute atomic E-state index is 12.6. The third kappa shape index (κ3) is 3.67. The quantitative estimate of drug-likeness (QED) is 0.516. The van der Waals surface area contributed by atoms with Crippen LogP contribution in [-0.2, 0) is 4.79 Å². The van der Waals surface area contributed by atoms with E-state index in [2.05, 4.69) is 27.4 Å². The normalized spacial score (nSPS) is 18.1. The van der Waals surface area contributed by atoms with E-state index in [0.29, 0.717) is 12.4 Å². The summed E-state index contributed by atoms with van der Waals surface area (Å²) in [5.41, 5.74) is 3.61. The van der Waals surface area contributed by atoms with Crippen LogP contribution < -0.4 is 5.69 Å². The van der Waals surface area contributed by atoms with E-state index < -0.39 is 0 Å². The van der Waals surface area contributed by atoms with Gasteiger partial charge in [-0.15, -0.1) is 0 Å². The van der Waals surface area contributed by atoms with Crippen LogP contribution in [0.3, 0.4) is 0 Å². The van der Waals surface area contributed by atoms with Crippen LogP contribution in [0.25, 0.3) is 22.5 Å². The van der Waals surface area contributed by atoms with E-state index in [1.807, 2.05) is 58.2 Å². The summed E-state index contributed by atoms with van der Waals surface area (Å²) in [6, 6.07) is 18.0. The molecule has 1 saturated carbocycles. The number of nitrogens with one attached hydrogen (secondary N) is 1. The van der Waals surface area contributed by atoms with Crippen molar-refractivity contribution in [2.75, 3.05) is 13.1 Å². The molecule has 1 N–H and O–H groups in total. The van der Waals surface area contributed by atoms with E-state index >= 15 is 0 Å². The van der Waals surface area contributed by atoms with Gasteiger partial charge in [-0.1, -0.05) is 24.3 Å². The lowest BCUT2D eigenvalue weighted by atomic mass is 10.0. The lowest BCUT2D eigenvalue weighted by Gasteiger charge is -2.16. The number of aromatic nitrogens is 5. The van der Waals surface area contributed by atoms with Gasteiger partial charge in [-0.05, 0) is 60.7 Å². The van der Waals surface area contributed by atoms with Crippen LogP contribution in [0.4, 0.5) is 0 Å². The van der Waals surface area contributed by atoms with Gasteiger partial charge >= 0.3 is 5.69 Å². The van der Waals surface area contributed by atoms with E-state index in [9.17, 15) is 9.59 Å². The summed E-state index contributed by atoms with van der Waals surface area (Å²) in [6.45, 7) is 1.35. The monoisotopic (exact) mass is 440 g/mol. The van der Waals surface area contributed by atoms with Crippen molar-refractivity contribution in [3.05, 3.63) is 83.3 Å². The maximum Gasteiger partial charge on any atom is 0.347 e. The Morgan fingerprint density at radius 2 is 1.82 bits per heavy atom. The second-order valence-corrected chi connectivity index (χ2v) is 8.81. The van der Waals surface area contributed by atoms with Gasteiger partial charge in [0.25, 0.3) is 0 Å². The Balaban J connectivity index is 1.26. The SMILES string of the molecule is O=C(C1CC1)N1CCC(c2n[nH]c(=O)n2-c2ccc(-c3cccc(-n4cccn4)c3)cc2)C1. The van der Waals surface area contributed by atoms with Gasteiger partial charge in [0.05, 0.1) is 11.4 Å². The topological polar surface area (TPSA) is 88.8 Å². The molecule has 2 aromatic heterocycles. The lowest BCUT2D eigenvalue weighted by Crippen LogP contribution is -2.30. The Labute approximate surface area is 190 Å². The van der Waals surface area contributed by atoms with E-state index in [1.54, 1.807) is 10.8 Å². The van der Waals surface area contributed by atoms with Gasteiger partial charge in [-0.3, -0.25) is 4.79 Å². The number of hydrogen-bond acceptors (Lipinski definition) is 4. The highest BCUT2D eigenvalue weighted by Crippen LogP contribution is 2.35. The fourth-order valence-corrected chi connectivity index (χ4v) is 4.64. The molecule has 8 heteroatoms. The molecule has 3 heterocycles. The zero-order valence-corrected chi connectivity index (χ0v) is 18.1. The number of carbonyl (C=O) groups excluding carboxylic acids is 1. The van der Waals surface area contributed by atoms with E-state index in [1.165, 1.54) is 0 Å². The highest BCUT2D eigenvalue weighted by Gasteiger charge is 2.38. The van der Waals surface area contributed by atoms with Crippen molar-refractivity contribution in [3.63, 3.8) is 0 Å². The first kappa shape index (κ1) is 19.7. The molecule has 1 aliphatic heterocycles. The summed E-state index contributed by atoms with van der Waals surface area (Å²) < 4.78 is 3.47. The minimum absolute atomic E-state index is 0.0529. The van der Waals surface area contributed by atoms with Gasteiger partial charge in [-0.2, -0.15) is 10.2 Å². The fourth-order valence-electron chi connectivity index (χ4n) is 4.64. The minimum Gasteiger partial charge on any atom is -0.342 e. The average molecular weight is 441 g/mol. The molecular formula is C25H24N6O2. The summed E-state index contributed by atoms with van der Waals surface area (Å²) in [6.07, 6.45) is 6.50. The smallest absolute Gasteiger partial charge is 0.342 e. The Kier molecular flexibility index (Phi) is 4.71. The average Bonchev–Trinajstić information content (AvgIpc) is 3.22. The zero-order valence-electron chi connectivity index (χ0n) is 18.1. The van der Waals surface area contributed by atoms with Crippen molar-refractivity contribution in [1.29, 1.82) is 0 Å². The Morgan fingerprint density at radius 1 is 0.970 bits per heavy atom. The van der Waals surface area contributed by atoms with Crippen LogP contribution in [-0.4, -0.2) is 48.4 Å². The molecular weight excluding hydrogens is 416 g/mol. The first-order valence-electron chi connectivity index (χ1n) is 11.3. The second kappa shape index (κ2) is 7.88. The molecule has 1 saturated heterocycles. The molecule has 1 atom stereocenters. The van der Waals surface area contributed by atoms with Gasteiger partial charge in [0.15, 0.2) is 0 Å². The molecule has 33 heavy (non-hydrogen) atoms. The molecule has 1 unspecified atom stereocenters. The van der Waals surface area contributed by atoms with Gasteiger partial charge in [0.1, 0.15) is 5.82 Å². The van der Waals surface area contributed by atoms with Crippen molar-refractivity contribution in [1.82, 2.24) is 29.4 Å². The van der Waals surface area contributed by atoms with Crippen LogP contribution >= 0.6 is 0 Å². The zero-order chi connectivity index (χ0) is 22.4. The maximum atomic E-state index is 12.6. The standard InChI is InChI=1S/C25H24N6O2/c32-24(18-5-6-18)29-14-11-20(16-29)23-27-28-25(33)31(23)21-9-7-17(8-10-21)19-3-1-4-22(15-19)30-13-2-12-26-30/h1-4,7-10,12-13,15,18,20H,5-6,11,14,16H2,(H,28,33). The number of hydrogen-bond donors (Lipinski definition) is 1. The van der Waals surface area contributed by atoms with Crippen molar-refractivity contribution < 1.29 is 4.79 Å². The summed E-state index contributed by atoms with van der Waals surface area (Å²) in [5.74, 6) is 1.21. The van der Waals surface area contributed by atoms with Crippen LogP contribution in [0.15, 0.2) is 71.8 Å². The number of H-pyrrole nitrogens is 1. The predicted molar refractivity (Wildman–Crippen MR) is 123 cm³/mol. The molecule has 2 aliphatic rings. The number of nitrogens with zero attached hydrogens (tertiary/aromatic N) is 5. The van der Waals surface area contributed by atoms with E-state index in [-0.39, 0.29) is 23.4 Å². The van der Waals surface area contributed by atoms with Gasteiger partial charge in [-0.25, -0.2) is 19.1 Å². The van der Waals surface area contributed by atoms with Crippen LogP contribution in [0, 0.1) is 5.92 Å². The number of rotatable bonds is 5. The van der Waals surface area contributed by atoms with Gasteiger partial charge in [0, 0.05) is 37.3 Å². The Hall–Kier alpha value is -3.94. The molecule has 0 bridgehead atoms. The van der Waals surface area contributed by atoms with Crippen molar-refractivity contribution in [3.8, 4) is 22.5 Å². The van der Waals surface area contributed by atoms with E-state index in [0.717, 1.165) is 48.3 Å². The summed E-state index contributed by atoms with van der Waals surface area (Å²) in [5, 5.41) is 11.2. The highest BCUT2D eigenvalue weighted by molar-refractivity contribution is 5.81. The number of amides is 1. The summed E-state index contributed by atoms with van der Waals surface area (Å²) >= 11 is 0.